The zero-order chi connectivity index (χ0) is 22.3. The smallest absolute Gasteiger partial charge is 0.262 e. The van der Waals surface area contributed by atoms with Crippen molar-refractivity contribution in [2.45, 2.75) is 31.3 Å². The molecule has 0 radical (unpaired) electrons. The summed E-state index contributed by atoms with van der Waals surface area (Å²) in [7, 11) is -2.06. The number of benzene rings is 2. The highest BCUT2D eigenvalue weighted by Gasteiger charge is 2.30. The van der Waals surface area contributed by atoms with Gasteiger partial charge in [-0.3, -0.25) is 9.59 Å². The Bertz CT molecular complexity index is 1000. The number of sulfone groups is 1. The van der Waals surface area contributed by atoms with Gasteiger partial charge in [0, 0.05) is 11.4 Å². The van der Waals surface area contributed by atoms with Crippen LogP contribution < -0.4 is 20.1 Å². The van der Waals surface area contributed by atoms with Crippen LogP contribution >= 0.6 is 0 Å². The Balaban J connectivity index is 1.98. The second kappa shape index (κ2) is 10.1. The van der Waals surface area contributed by atoms with Crippen LogP contribution in [0.2, 0.25) is 0 Å². The third-order valence-electron chi connectivity index (χ3n) is 4.36. The van der Waals surface area contributed by atoms with E-state index in [2.05, 4.69) is 10.6 Å². The number of rotatable bonds is 9. The molecular formula is C21H26N2O6S. The van der Waals surface area contributed by atoms with Gasteiger partial charge in [-0.15, -0.1) is 0 Å². The number of carbonyl (C=O) groups is 2. The Labute approximate surface area is 176 Å². The molecule has 0 saturated carbocycles. The molecule has 0 spiro atoms. The van der Waals surface area contributed by atoms with Crippen molar-refractivity contribution < 1.29 is 27.5 Å². The maximum atomic E-state index is 12.3. The summed E-state index contributed by atoms with van der Waals surface area (Å²) < 4.78 is 35.0. The number of amides is 2. The summed E-state index contributed by atoms with van der Waals surface area (Å²) in [4.78, 5) is 24.5. The van der Waals surface area contributed by atoms with Crippen molar-refractivity contribution in [3.8, 4) is 11.5 Å². The molecule has 1 atom stereocenters. The lowest BCUT2D eigenvalue weighted by Gasteiger charge is -2.16. The minimum atomic E-state index is -3.57. The van der Waals surface area contributed by atoms with Crippen LogP contribution in [-0.4, -0.2) is 44.4 Å². The number of nitrogens with one attached hydrogen (secondary N) is 2. The molecular weight excluding hydrogens is 408 g/mol. The Morgan fingerprint density at radius 1 is 0.933 bits per heavy atom. The lowest BCUT2D eigenvalue weighted by molar-refractivity contribution is -0.118. The van der Waals surface area contributed by atoms with E-state index in [0.29, 0.717) is 22.9 Å². The first kappa shape index (κ1) is 23.2. The van der Waals surface area contributed by atoms with Gasteiger partial charge in [-0.05, 0) is 51.1 Å². The molecule has 2 aromatic carbocycles. The van der Waals surface area contributed by atoms with E-state index in [1.165, 1.54) is 33.9 Å². The van der Waals surface area contributed by atoms with Gasteiger partial charge in [-0.2, -0.15) is 0 Å². The third kappa shape index (κ3) is 5.96. The average Bonchev–Trinajstić information content (AvgIpc) is 2.71. The van der Waals surface area contributed by atoms with E-state index < -0.39 is 32.2 Å². The van der Waals surface area contributed by atoms with Crippen molar-refractivity contribution in [3.63, 3.8) is 0 Å². The molecule has 2 amide bonds. The largest absolute Gasteiger partial charge is 0.493 e. The predicted molar refractivity (Wildman–Crippen MR) is 116 cm³/mol. The summed E-state index contributed by atoms with van der Waals surface area (Å²) in [5, 5.41) is 3.39. The minimum absolute atomic E-state index is 0.235. The number of anilines is 2. The molecule has 1 unspecified atom stereocenters. The van der Waals surface area contributed by atoms with Crippen molar-refractivity contribution in [2.24, 2.45) is 0 Å². The van der Waals surface area contributed by atoms with Crippen molar-refractivity contribution in [2.75, 3.05) is 24.4 Å². The van der Waals surface area contributed by atoms with Crippen LogP contribution in [-0.2, 0) is 19.4 Å². The molecule has 0 fully saturated rings. The van der Waals surface area contributed by atoms with E-state index in [9.17, 15) is 18.0 Å². The second-order valence-electron chi connectivity index (χ2n) is 6.84. The van der Waals surface area contributed by atoms with E-state index in [1.54, 1.807) is 42.5 Å². The molecule has 2 N–H and O–H groups in total. The van der Waals surface area contributed by atoms with Crippen molar-refractivity contribution >= 4 is 33.0 Å². The van der Waals surface area contributed by atoms with E-state index in [0.717, 1.165) is 0 Å². The molecule has 2 aromatic rings. The molecule has 0 aliphatic heterocycles. The Hall–Kier alpha value is -3.07. The molecule has 9 heteroatoms. The number of carbonyl (C=O) groups excluding carboxylic acids is 2. The number of methoxy groups -OCH3 is 1. The number of hydrogen-bond donors (Lipinski definition) is 2. The van der Waals surface area contributed by atoms with Gasteiger partial charge in [0.1, 0.15) is 5.25 Å². The van der Waals surface area contributed by atoms with Crippen molar-refractivity contribution in [1.82, 2.24) is 0 Å². The summed E-state index contributed by atoms with van der Waals surface area (Å²) >= 11 is 0. The fourth-order valence-electron chi connectivity index (χ4n) is 2.55. The Kier molecular flexibility index (Phi) is 7.82. The highest BCUT2D eigenvalue weighted by atomic mass is 32.2. The molecule has 2 rings (SSSR count). The van der Waals surface area contributed by atoms with E-state index >= 15 is 0 Å². The second-order valence-corrected chi connectivity index (χ2v) is 9.67. The van der Waals surface area contributed by atoms with Gasteiger partial charge in [0.2, 0.25) is 5.91 Å². The van der Waals surface area contributed by atoms with Crippen LogP contribution in [0, 0.1) is 0 Å². The Morgan fingerprint density at radius 2 is 1.53 bits per heavy atom. The van der Waals surface area contributed by atoms with Crippen LogP contribution in [0.25, 0.3) is 0 Å². The molecule has 0 aromatic heterocycles. The van der Waals surface area contributed by atoms with Gasteiger partial charge in [0.05, 0.1) is 12.4 Å². The van der Waals surface area contributed by atoms with Gasteiger partial charge in [0.25, 0.3) is 5.91 Å². The normalized spacial score (nSPS) is 12.2. The molecule has 0 aliphatic carbocycles. The number of ether oxygens (including phenoxy) is 2. The molecule has 0 saturated heterocycles. The van der Waals surface area contributed by atoms with Crippen LogP contribution in [0.4, 0.5) is 11.4 Å². The van der Waals surface area contributed by atoms with Gasteiger partial charge in [-0.25, -0.2) is 8.42 Å². The SMILES string of the molecule is COc1ccccc1OCC(=O)Nc1cccc(NC(=O)C(C)S(=O)(=O)C(C)C)c1. The fourth-order valence-corrected chi connectivity index (χ4v) is 3.73. The van der Waals surface area contributed by atoms with Gasteiger partial charge < -0.3 is 20.1 Å². The molecule has 162 valence electrons. The zero-order valence-electron chi connectivity index (χ0n) is 17.3. The van der Waals surface area contributed by atoms with Crippen LogP contribution in [0.1, 0.15) is 20.8 Å². The van der Waals surface area contributed by atoms with E-state index in [4.69, 9.17) is 9.47 Å². The Morgan fingerprint density at radius 3 is 2.13 bits per heavy atom. The third-order valence-corrected chi connectivity index (χ3v) is 6.87. The molecule has 8 nitrogen and oxygen atoms in total. The number of para-hydroxylation sites is 2. The van der Waals surface area contributed by atoms with E-state index in [-0.39, 0.29) is 6.61 Å². The average molecular weight is 435 g/mol. The minimum Gasteiger partial charge on any atom is -0.493 e. The summed E-state index contributed by atoms with van der Waals surface area (Å²) in [6.07, 6.45) is 0. The first-order valence-corrected chi connectivity index (χ1v) is 11.0. The summed E-state index contributed by atoms with van der Waals surface area (Å²) in [6, 6.07) is 13.4. The van der Waals surface area contributed by atoms with Gasteiger partial charge >= 0.3 is 0 Å². The maximum absolute atomic E-state index is 12.3. The maximum Gasteiger partial charge on any atom is 0.262 e. The number of hydrogen-bond acceptors (Lipinski definition) is 6. The molecule has 30 heavy (non-hydrogen) atoms. The lowest BCUT2D eigenvalue weighted by Crippen LogP contribution is -2.36. The highest BCUT2D eigenvalue weighted by Crippen LogP contribution is 2.25. The quantitative estimate of drug-likeness (QED) is 0.628. The van der Waals surface area contributed by atoms with Crippen molar-refractivity contribution in [1.29, 1.82) is 0 Å². The molecule has 0 bridgehead atoms. The van der Waals surface area contributed by atoms with Crippen LogP contribution in [0.5, 0.6) is 11.5 Å². The summed E-state index contributed by atoms with van der Waals surface area (Å²) in [5.74, 6) is -0.0798. The monoisotopic (exact) mass is 434 g/mol. The molecule has 0 aliphatic rings. The summed E-state index contributed by atoms with van der Waals surface area (Å²) in [5.41, 5.74) is 0.801. The van der Waals surface area contributed by atoms with Gasteiger partial charge in [-0.1, -0.05) is 18.2 Å². The van der Waals surface area contributed by atoms with Crippen LogP contribution in [0.3, 0.4) is 0 Å². The van der Waals surface area contributed by atoms with Crippen molar-refractivity contribution in [3.05, 3.63) is 48.5 Å². The highest BCUT2D eigenvalue weighted by molar-refractivity contribution is 7.93. The first-order chi connectivity index (χ1) is 14.1. The zero-order valence-corrected chi connectivity index (χ0v) is 18.2. The van der Waals surface area contributed by atoms with E-state index in [1.807, 2.05) is 0 Å². The molecule has 0 heterocycles. The topological polar surface area (TPSA) is 111 Å². The lowest BCUT2D eigenvalue weighted by atomic mass is 10.2. The summed E-state index contributed by atoms with van der Waals surface area (Å²) in [6.45, 7) is 4.18. The predicted octanol–water partition coefficient (Wildman–Crippen LogP) is 2.86. The van der Waals surface area contributed by atoms with Crippen LogP contribution in [0.15, 0.2) is 48.5 Å². The standard InChI is InChI=1S/C21H26N2O6S/c1-14(2)30(26,27)15(3)21(25)23-17-9-7-8-16(12-17)22-20(24)13-29-19-11-6-5-10-18(19)28-4/h5-12,14-15H,13H2,1-4H3,(H,22,24)(H,23,25). The fraction of sp³-hybridized carbons (Fsp3) is 0.333. The van der Waals surface area contributed by atoms with Gasteiger partial charge in [0.15, 0.2) is 27.9 Å². The first-order valence-electron chi connectivity index (χ1n) is 9.34.